The Morgan fingerprint density at radius 3 is 2.56 bits per heavy atom. The molecule has 0 bridgehead atoms. The van der Waals surface area contributed by atoms with Gasteiger partial charge in [-0.2, -0.15) is 0 Å². The number of hydrogen-bond donors (Lipinski definition) is 0. The molecule has 1 heteroatoms. The Morgan fingerprint density at radius 2 is 1.94 bits per heavy atom. The summed E-state index contributed by atoms with van der Waals surface area (Å²) in [5, 5.41) is 0.925. The molecule has 2 atom stereocenters. The van der Waals surface area contributed by atoms with Gasteiger partial charge >= 0.3 is 0 Å². The molecular weight excluding hydrogens is 216 g/mol. The molecule has 16 heavy (non-hydrogen) atoms. The van der Waals surface area contributed by atoms with E-state index in [1.165, 1.54) is 18.4 Å². The van der Waals surface area contributed by atoms with Crippen molar-refractivity contribution in [3.8, 4) is 0 Å². The van der Waals surface area contributed by atoms with Crippen molar-refractivity contribution in [1.82, 2.24) is 0 Å². The van der Waals surface area contributed by atoms with Gasteiger partial charge in [0.05, 0.1) is 0 Å². The maximum absolute atomic E-state index is 6.34. The molecule has 2 unspecified atom stereocenters. The highest BCUT2D eigenvalue weighted by Gasteiger charge is 2.38. The van der Waals surface area contributed by atoms with Crippen molar-refractivity contribution in [3.63, 3.8) is 0 Å². The summed E-state index contributed by atoms with van der Waals surface area (Å²) in [7, 11) is 0. The van der Waals surface area contributed by atoms with Crippen molar-refractivity contribution in [2.45, 2.75) is 39.5 Å². The summed E-state index contributed by atoms with van der Waals surface area (Å²) in [5.41, 5.74) is 1.65. The smallest absolute Gasteiger partial charge is 0.0441 e. The molecule has 0 aliphatic heterocycles. The highest BCUT2D eigenvalue weighted by Crippen LogP contribution is 2.50. The SMILES string of the molecule is CC1C[CH]CC(C)(C)C1c1ccccc1Cl. The molecule has 1 aromatic rings. The monoisotopic (exact) mass is 235 g/mol. The van der Waals surface area contributed by atoms with E-state index in [9.17, 15) is 0 Å². The van der Waals surface area contributed by atoms with Crippen LogP contribution in [0.1, 0.15) is 45.1 Å². The third-order valence-electron chi connectivity index (χ3n) is 3.86. The second kappa shape index (κ2) is 4.41. The minimum atomic E-state index is 0.322. The fraction of sp³-hybridized carbons (Fsp3) is 0.533. The largest absolute Gasteiger partial charge is 0.0840 e. The molecule has 1 aromatic carbocycles. The minimum absolute atomic E-state index is 0.322. The summed E-state index contributed by atoms with van der Waals surface area (Å²) < 4.78 is 0. The molecule has 1 saturated carbocycles. The zero-order valence-electron chi connectivity index (χ0n) is 10.3. The lowest BCUT2D eigenvalue weighted by atomic mass is 9.62. The highest BCUT2D eigenvalue weighted by molar-refractivity contribution is 6.31. The number of benzene rings is 1. The lowest BCUT2D eigenvalue weighted by Crippen LogP contribution is -2.32. The Balaban J connectivity index is 2.40. The van der Waals surface area contributed by atoms with Crippen LogP contribution in [0.15, 0.2) is 24.3 Å². The molecule has 87 valence electrons. The van der Waals surface area contributed by atoms with Crippen molar-refractivity contribution < 1.29 is 0 Å². The third kappa shape index (κ3) is 2.13. The minimum Gasteiger partial charge on any atom is -0.0840 e. The van der Waals surface area contributed by atoms with E-state index in [1.54, 1.807) is 0 Å². The molecule has 1 aliphatic rings. The predicted molar refractivity (Wildman–Crippen MR) is 70.7 cm³/mol. The van der Waals surface area contributed by atoms with Crippen LogP contribution in [0.5, 0.6) is 0 Å². The zero-order valence-corrected chi connectivity index (χ0v) is 11.1. The van der Waals surface area contributed by atoms with E-state index in [4.69, 9.17) is 11.6 Å². The Labute approximate surface area is 104 Å². The standard InChI is InChI=1S/C15H20Cl/c1-11-7-6-10-15(2,3)14(11)12-8-4-5-9-13(12)16/h4-6,8-9,11,14H,7,10H2,1-3H3. The van der Waals surface area contributed by atoms with E-state index >= 15 is 0 Å². The van der Waals surface area contributed by atoms with Crippen LogP contribution in [0.25, 0.3) is 0 Å². The van der Waals surface area contributed by atoms with Gasteiger partial charge in [-0.1, -0.05) is 50.6 Å². The van der Waals surface area contributed by atoms with Gasteiger partial charge in [-0.05, 0) is 48.1 Å². The van der Waals surface area contributed by atoms with E-state index < -0.39 is 0 Å². The molecule has 0 nitrogen and oxygen atoms in total. The average molecular weight is 236 g/mol. The predicted octanol–water partition coefficient (Wildman–Crippen LogP) is 5.08. The summed E-state index contributed by atoms with van der Waals surface area (Å²) in [4.78, 5) is 0. The Kier molecular flexibility index (Phi) is 3.30. The van der Waals surface area contributed by atoms with E-state index in [2.05, 4.69) is 39.3 Å². The van der Waals surface area contributed by atoms with Gasteiger partial charge in [-0.3, -0.25) is 0 Å². The third-order valence-corrected chi connectivity index (χ3v) is 4.20. The van der Waals surface area contributed by atoms with E-state index in [0.29, 0.717) is 17.3 Å². The first kappa shape index (κ1) is 12.0. The maximum atomic E-state index is 6.34. The zero-order chi connectivity index (χ0) is 11.8. The topological polar surface area (TPSA) is 0 Å². The van der Waals surface area contributed by atoms with Crippen LogP contribution >= 0.6 is 11.6 Å². The molecule has 1 aliphatic carbocycles. The van der Waals surface area contributed by atoms with Crippen LogP contribution in [-0.2, 0) is 0 Å². The summed E-state index contributed by atoms with van der Waals surface area (Å²) in [6.45, 7) is 7.05. The lowest BCUT2D eigenvalue weighted by Gasteiger charge is -2.43. The molecular formula is C15H20Cl. The Morgan fingerprint density at radius 1 is 1.25 bits per heavy atom. The van der Waals surface area contributed by atoms with E-state index in [0.717, 1.165) is 5.02 Å². The maximum Gasteiger partial charge on any atom is 0.0441 e. The second-order valence-corrected chi connectivity index (χ2v) is 6.10. The van der Waals surface area contributed by atoms with Crippen molar-refractivity contribution in [2.24, 2.45) is 11.3 Å². The van der Waals surface area contributed by atoms with Crippen LogP contribution < -0.4 is 0 Å². The highest BCUT2D eigenvalue weighted by atomic mass is 35.5. The van der Waals surface area contributed by atoms with Crippen LogP contribution in [0.3, 0.4) is 0 Å². The van der Waals surface area contributed by atoms with Crippen molar-refractivity contribution >= 4 is 11.6 Å². The van der Waals surface area contributed by atoms with Gasteiger partial charge in [0.15, 0.2) is 0 Å². The van der Waals surface area contributed by atoms with Gasteiger partial charge in [0.1, 0.15) is 0 Å². The average Bonchev–Trinajstić information content (AvgIpc) is 2.19. The first-order valence-electron chi connectivity index (χ1n) is 6.08. The van der Waals surface area contributed by atoms with E-state index in [-0.39, 0.29) is 0 Å². The van der Waals surface area contributed by atoms with Crippen molar-refractivity contribution in [3.05, 3.63) is 41.3 Å². The number of hydrogen-bond acceptors (Lipinski definition) is 0. The van der Waals surface area contributed by atoms with Crippen LogP contribution in [0.4, 0.5) is 0 Å². The first-order valence-corrected chi connectivity index (χ1v) is 6.46. The van der Waals surface area contributed by atoms with E-state index in [1.807, 2.05) is 12.1 Å². The molecule has 0 aromatic heterocycles. The molecule has 0 spiro atoms. The molecule has 0 heterocycles. The molecule has 1 fully saturated rings. The van der Waals surface area contributed by atoms with Crippen LogP contribution in [0.2, 0.25) is 5.02 Å². The molecule has 1 radical (unpaired) electrons. The summed E-state index contributed by atoms with van der Waals surface area (Å²) in [6.07, 6.45) is 4.82. The molecule has 0 amide bonds. The van der Waals surface area contributed by atoms with Gasteiger partial charge in [0.25, 0.3) is 0 Å². The van der Waals surface area contributed by atoms with Gasteiger partial charge in [0, 0.05) is 5.02 Å². The first-order chi connectivity index (χ1) is 7.52. The summed E-state index contributed by atoms with van der Waals surface area (Å²) >= 11 is 6.34. The number of halogens is 1. The lowest BCUT2D eigenvalue weighted by molar-refractivity contribution is 0.180. The fourth-order valence-corrected chi connectivity index (χ4v) is 3.46. The summed E-state index contributed by atoms with van der Waals surface area (Å²) in [6, 6.07) is 8.31. The Hall–Kier alpha value is -0.490. The van der Waals surface area contributed by atoms with Crippen molar-refractivity contribution in [2.75, 3.05) is 0 Å². The van der Waals surface area contributed by atoms with Gasteiger partial charge < -0.3 is 0 Å². The normalized spacial score (nSPS) is 29.0. The molecule has 0 N–H and O–H groups in total. The summed E-state index contributed by atoms with van der Waals surface area (Å²) in [5.74, 6) is 1.26. The Bertz CT molecular complexity index is 367. The van der Waals surface area contributed by atoms with Gasteiger partial charge in [0.2, 0.25) is 0 Å². The number of rotatable bonds is 1. The second-order valence-electron chi connectivity index (χ2n) is 5.69. The van der Waals surface area contributed by atoms with Gasteiger partial charge in [-0.25, -0.2) is 0 Å². The molecule has 2 rings (SSSR count). The quantitative estimate of drug-likeness (QED) is 0.637. The fourth-order valence-electron chi connectivity index (χ4n) is 3.21. The van der Waals surface area contributed by atoms with Crippen LogP contribution in [-0.4, -0.2) is 0 Å². The van der Waals surface area contributed by atoms with Gasteiger partial charge in [-0.15, -0.1) is 0 Å². The van der Waals surface area contributed by atoms with Crippen LogP contribution in [0, 0.1) is 17.8 Å². The molecule has 0 saturated heterocycles. The van der Waals surface area contributed by atoms with Crippen molar-refractivity contribution in [1.29, 1.82) is 0 Å².